The summed E-state index contributed by atoms with van der Waals surface area (Å²) in [5.74, 6) is 0. The number of pyridine rings is 1. The molecule has 1 aromatic heterocycles. The molecule has 212 valence electrons. The summed E-state index contributed by atoms with van der Waals surface area (Å²) >= 11 is 0. The van der Waals surface area contributed by atoms with Gasteiger partial charge in [-0.25, -0.2) is 4.98 Å². The van der Waals surface area contributed by atoms with Crippen molar-refractivity contribution in [3.05, 3.63) is 182 Å². The van der Waals surface area contributed by atoms with E-state index in [4.69, 9.17) is 4.98 Å². The molecule has 0 aliphatic rings. The van der Waals surface area contributed by atoms with E-state index in [2.05, 4.69) is 187 Å². The van der Waals surface area contributed by atoms with Crippen LogP contribution in [-0.4, -0.2) is 4.98 Å². The fourth-order valence-electron chi connectivity index (χ4n) is 6.22. The molecule has 0 aliphatic heterocycles. The van der Waals surface area contributed by atoms with E-state index in [0.717, 1.165) is 50.3 Å². The summed E-state index contributed by atoms with van der Waals surface area (Å²) < 4.78 is 0. The van der Waals surface area contributed by atoms with Crippen LogP contribution in [-0.2, 0) is 0 Å². The number of hydrogen-bond acceptors (Lipinski definition) is 2. The van der Waals surface area contributed by atoms with Crippen molar-refractivity contribution in [3.8, 4) is 33.5 Å². The molecule has 45 heavy (non-hydrogen) atoms. The van der Waals surface area contributed by atoms with Gasteiger partial charge in [-0.1, -0.05) is 140 Å². The van der Waals surface area contributed by atoms with Gasteiger partial charge in [-0.05, 0) is 64.4 Å². The molecule has 0 aliphatic carbocycles. The molecule has 2 nitrogen and oxygen atoms in total. The Labute approximate surface area is 263 Å². The van der Waals surface area contributed by atoms with Crippen molar-refractivity contribution in [1.82, 2.24) is 4.98 Å². The first kappa shape index (κ1) is 26.6. The summed E-state index contributed by atoms with van der Waals surface area (Å²) in [4.78, 5) is 7.55. The standard InChI is InChI=1S/C43H30N2/c1-3-14-32(15-4-1)39-20-10-12-22-42(39)45(38-28-23-31-13-7-8-18-35(31)29-38)37-26-24-34(25-27-37)43-40(33-16-5-2-6-17-33)30-36-19-9-11-21-41(36)44-43/h1-30H. The molecule has 8 aromatic rings. The van der Waals surface area contributed by atoms with Crippen molar-refractivity contribution in [3.63, 3.8) is 0 Å². The van der Waals surface area contributed by atoms with Crippen LogP contribution in [0.4, 0.5) is 17.1 Å². The topological polar surface area (TPSA) is 16.1 Å². The second-order valence-corrected chi connectivity index (χ2v) is 11.2. The van der Waals surface area contributed by atoms with Gasteiger partial charge in [-0.15, -0.1) is 0 Å². The number of para-hydroxylation sites is 2. The molecule has 0 amide bonds. The minimum Gasteiger partial charge on any atom is -0.310 e. The van der Waals surface area contributed by atoms with E-state index < -0.39 is 0 Å². The summed E-state index contributed by atoms with van der Waals surface area (Å²) in [5, 5.41) is 3.57. The van der Waals surface area contributed by atoms with Crippen molar-refractivity contribution in [2.24, 2.45) is 0 Å². The highest BCUT2D eigenvalue weighted by Gasteiger charge is 2.18. The molecule has 0 saturated heterocycles. The third-order valence-corrected chi connectivity index (χ3v) is 8.43. The Morgan fingerprint density at radius 3 is 1.69 bits per heavy atom. The van der Waals surface area contributed by atoms with Crippen LogP contribution in [0.25, 0.3) is 55.2 Å². The minimum absolute atomic E-state index is 0.980. The fraction of sp³-hybridized carbons (Fsp3) is 0. The van der Waals surface area contributed by atoms with Gasteiger partial charge in [0, 0.05) is 33.5 Å². The maximum absolute atomic E-state index is 5.19. The van der Waals surface area contributed by atoms with Crippen LogP contribution >= 0.6 is 0 Å². The SMILES string of the molecule is c1ccc(-c2ccccc2N(c2ccc(-c3nc4ccccc4cc3-c3ccccc3)cc2)c2ccc3ccccc3c2)cc1. The first-order chi connectivity index (χ1) is 22.3. The molecular formula is C43H30N2. The lowest BCUT2D eigenvalue weighted by Gasteiger charge is -2.28. The van der Waals surface area contributed by atoms with Gasteiger partial charge in [0.1, 0.15) is 0 Å². The highest BCUT2D eigenvalue weighted by molar-refractivity contribution is 5.94. The monoisotopic (exact) mass is 574 g/mol. The number of benzene rings is 7. The summed E-state index contributed by atoms with van der Waals surface area (Å²) in [6, 6.07) is 64.5. The number of anilines is 3. The molecule has 0 radical (unpaired) electrons. The maximum atomic E-state index is 5.19. The smallest absolute Gasteiger partial charge is 0.0788 e. The highest BCUT2D eigenvalue weighted by Crippen LogP contribution is 2.42. The van der Waals surface area contributed by atoms with Crippen LogP contribution in [0.3, 0.4) is 0 Å². The van der Waals surface area contributed by atoms with Gasteiger partial charge in [-0.3, -0.25) is 0 Å². The zero-order chi connectivity index (χ0) is 30.0. The number of hydrogen-bond donors (Lipinski definition) is 0. The third kappa shape index (κ3) is 5.13. The quantitative estimate of drug-likeness (QED) is 0.196. The Balaban J connectivity index is 1.29. The van der Waals surface area contributed by atoms with E-state index >= 15 is 0 Å². The van der Waals surface area contributed by atoms with E-state index in [1.54, 1.807) is 0 Å². The number of rotatable bonds is 6. The van der Waals surface area contributed by atoms with E-state index in [-0.39, 0.29) is 0 Å². The molecular weight excluding hydrogens is 544 g/mol. The van der Waals surface area contributed by atoms with E-state index in [1.807, 2.05) is 0 Å². The van der Waals surface area contributed by atoms with Crippen LogP contribution in [0.1, 0.15) is 0 Å². The van der Waals surface area contributed by atoms with Gasteiger partial charge >= 0.3 is 0 Å². The van der Waals surface area contributed by atoms with Crippen LogP contribution in [0.15, 0.2) is 182 Å². The normalized spacial score (nSPS) is 11.1. The predicted octanol–water partition coefficient (Wildman–Crippen LogP) is 11.9. The molecule has 1 heterocycles. The Hall–Kier alpha value is -5.99. The molecule has 0 saturated carbocycles. The van der Waals surface area contributed by atoms with Crippen LogP contribution < -0.4 is 4.90 Å². The van der Waals surface area contributed by atoms with Crippen molar-refractivity contribution >= 4 is 38.7 Å². The van der Waals surface area contributed by atoms with Crippen molar-refractivity contribution in [2.75, 3.05) is 4.90 Å². The first-order valence-electron chi connectivity index (χ1n) is 15.3. The first-order valence-corrected chi connectivity index (χ1v) is 15.3. The Kier molecular flexibility index (Phi) is 6.86. The molecule has 0 fully saturated rings. The van der Waals surface area contributed by atoms with Gasteiger partial charge in [0.05, 0.1) is 16.9 Å². The lowest BCUT2D eigenvalue weighted by Crippen LogP contribution is -2.11. The number of aromatic nitrogens is 1. The summed E-state index contributed by atoms with van der Waals surface area (Å²) in [6.07, 6.45) is 0. The largest absolute Gasteiger partial charge is 0.310 e. The lowest BCUT2D eigenvalue weighted by atomic mass is 9.97. The molecule has 0 bridgehead atoms. The van der Waals surface area contributed by atoms with Crippen molar-refractivity contribution < 1.29 is 0 Å². The zero-order valence-corrected chi connectivity index (χ0v) is 24.7. The molecule has 0 N–H and O–H groups in total. The molecule has 2 heteroatoms. The lowest BCUT2D eigenvalue weighted by molar-refractivity contribution is 1.29. The van der Waals surface area contributed by atoms with Crippen LogP contribution in [0.2, 0.25) is 0 Å². The molecule has 0 atom stereocenters. The van der Waals surface area contributed by atoms with E-state index in [9.17, 15) is 0 Å². The average molecular weight is 575 g/mol. The van der Waals surface area contributed by atoms with Gasteiger partial charge in [0.25, 0.3) is 0 Å². The van der Waals surface area contributed by atoms with Crippen LogP contribution in [0, 0.1) is 0 Å². The van der Waals surface area contributed by atoms with Gasteiger partial charge in [0.15, 0.2) is 0 Å². The summed E-state index contributed by atoms with van der Waals surface area (Å²) in [7, 11) is 0. The maximum Gasteiger partial charge on any atom is 0.0788 e. The summed E-state index contributed by atoms with van der Waals surface area (Å²) in [5.41, 5.74) is 11.0. The van der Waals surface area contributed by atoms with Crippen LogP contribution in [0.5, 0.6) is 0 Å². The average Bonchev–Trinajstić information content (AvgIpc) is 3.12. The predicted molar refractivity (Wildman–Crippen MR) is 190 cm³/mol. The number of fused-ring (bicyclic) bond motifs is 2. The molecule has 0 spiro atoms. The highest BCUT2D eigenvalue weighted by atomic mass is 15.1. The fourth-order valence-corrected chi connectivity index (χ4v) is 6.22. The second-order valence-electron chi connectivity index (χ2n) is 11.2. The van der Waals surface area contributed by atoms with Gasteiger partial charge in [-0.2, -0.15) is 0 Å². The van der Waals surface area contributed by atoms with Gasteiger partial charge in [0.2, 0.25) is 0 Å². The minimum atomic E-state index is 0.980. The van der Waals surface area contributed by atoms with E-state index in [1.165, 1.54) is 21.9 Å². The van der Waals surface area contributed by atoms with Crippen molar-refractivity contribution in [1.29, 1.82) is 0 Å². The Bertz CT molecular complexity index is 2260. The zero-order valence-electron chi connectivity index (χ0n) is 24.7. The van der Waals surface area contributed by atoms with Crippen molar-refractivity contribution in [2.45, 2.75) is 0 Å². The second kappa shape index (κ2) is 11.6. The molecule has 7 aromatic carbocycles. The molecule has 8 rings (SSSR count). The third-order valence-electron chi connectivity index (χ3n) is 8.43. The van der Waals surface area contributed by atoms with Gasteiger partial charge < -0.3 is 4.90 Å². The van der Waals surface area contributed by atoms with E-state index in [0.29, 0.717) is 0 Å². The Morgan fingerprint density at radius 2 is 0.933 bits per heavy atom. The number of nitrogens with zero attached hydrogens (tertiary/aromatic N) is 2. The molecule has 0 unspecified atom stereocenters. The summed E-state index contributed by atoms with van der Waals surface area (Å²) in [6.45, 7) is 0. The Morgan fingerprint density at radius 1 is 0.356 bits per heavy atom.